The topological polar surface area (TPSA) is 260 Å². The first-order chi connectivity index (χ1) is 16.8. The van der Waals surface area contributed by atoms with Gasteiger partial charge in [-0.3, -0.25) is 24.0 Å². The van der Waals surface area contributed by atoms with E-state index in [1.54, 1.807) is 13.8 Å². The molecule has 0 radical (unpaired) electrons. The van der Waals surface area contributed by atoms with Gasteiger partial charge >= 0.3 is 11.9 Å². The van der Waals surface area contributed by atoms with Gasteiger partial charge in [-0.05, 0) is 12.3 Å². The first-order valence-corrected chi connectivity index (χ1v) is 11.2. The molecular weight excluding hydrogens is 478 g/mol. The van der Waals surface area contributed by atoms with Crippen LogP contribution in [-0.2, 0) is 35.2 Å². The SMILES string of the molecule is CCC(C)C(NC(=O)C(CC(N)=O)NC(=O)C(N)Cc1cnc[nH]1)C(=O)NC(CCC(=O)O)C(=O)O. The van der Waals surface area contributed by atoms with Crippen molar-refractivity contribution in [3.8, 4) is 0 Å². The van der Waals surface area contributed by atoms with Crippen molar-refractivity contribution in [3.05, 3.63) is 18.2 Å². The molecule has 200 valence electrons. The Morgan fingerprint density at radius 1 is 1.03 bits per heavy atom. The summed E-state index contributed by atoms with van der Waals surface area (Å²) in [7, 11) is 0. The van der Waals surface area contributed by atoms with Crippen molar-refractivity contribution in [2.75, 3.05) is 0 Å². The quantitative estimate of drug-likeness (QED) is 0.117. The Morgan fingerprint density at radius 3 is 2.17 bits per heavy atom. The van der Waals surface area contributed by atoms with Gasteiger partial charge < -0.3 is 42.6 Å². The molecule has 0 aliphatic heterocycles. The summed E-state index contributed by atoms with van der Waals surface area (Å²) in [6.07, 6.45) is 1.89. The average Bonchev–Trinajstić information content (AvgIpc) is 3.31. The molecule has 5 atom stereocenters. The van der Waals surface area contributed by atoms with Crippen LogP contribution < -0.4 is 27.4 Å². The molecule has 1 aromatic heterocycles. The van der Waals surface area contributed by atoms with Crippen LogP contribution >= 0.6 is 0 Å². The number of carboxylic acids is 2. The van der Waals surface area contributed by atoms with Gasteiger partial charge in [-0.25, -0.2) is 9.78 Å². The highest BCUT2D eigenvalue weighted by Crippen LogP contribution is 2.10. The van der Waals surface area contributed by atoms with E-state index >= 15 is 0 Å². The maximum atomic E-state index is 13.0. The van der Waals surface area contributed by atoms with Gasteiger partial charge in [0.1, 0.15) is 18.1 Å². The number of carbonyl (C=O) groups is 6. The summed E-state index contributed by atoms with van der Waals surface area (Å²) in [5.41, 5.74) is 11.7. The molecule has 15 nitrogen and oxygen atoms in total. The van der Waals surface area contributed by atoms with Gasteiger partial charge in [-0.15, -0.1) is 0 Å². The maximum absolute atomic E-state index is 13.0. The fourth-order valence-electron chi connectivity index (χ4n) is 3.16. The number of amides is 4. The second-order valence-corrected chi connectivity index (χ2v) is 8.32. The zero-order valence-corrected chi connectivity index (χ0v) is 20.0. The van der Waals surface area contributed by atoms with Gasteiger partial charge in [0.2, 0.25) is 23.6 Å². The third-order valence-corrected chi connectivity index (χ3v) is 5.42. The fourth-order valence-corrected chi connectivity index (χ4v) is 3.16. The predicted octanol–water partition coefficient (Wildman–Crippen LogP) is -2.40. The number of nitrogens with one attached hydrogen (secondary N) is 4. The van der Waals surface area contributed by atoms with Crippen LogP contribution in [0.5, 0.6) is 0 Å². The van der Waals surface area contributed by atoms with E-state index < -0.39 is 78.5 Å². The maximum Gasteiger partial charge on any atom is 0.326 e. The number of primary amides is 1. The van der Waals surface area contributed by atoms with Gasteiger partial charge in [0.05, 0.1) is 18.8 Å². The highest BCUT2D eigenvalue weighted by molar-refractivity contribution is 5.96. The molecule has 0 spiro atoms. The number of aromatic nitrogens is 2. The van der Waals surface area contributed by atoms with E-state index in [1.807, 2.05) is 0 Å². The van der Waals surface area contributed by atoms with Crippen molar-refractivity contribution in [1.29, 1.82) is 0 Å². The number of nitrogens with two attached hydrogens (primary N) is 2. The Hall–Kier alpha value is -4.01. The highest BCUT2D eigenvalue weighted by Gasteiger charge is 2.33. The minimum absolute atomic E-state index is 0.0710. The number of H-pyrrole nitrogens is 1. The van der Waals surface area contributed by atoms with Gasteiger partial charge in [-0.1, -0.05) is 20.3 Å². The number of nitrogens with zero attached hydrogens (tertiary/aromatic N) is 1. The van der Waals surface area contributed by atoms with E-state index in [0.29, 0.717) is 12.1 Å². The molecule has 10 N–H and O–H groups in total. The molecule has 0 aliphatic rings. The molecule has 0 saturated heterocycles. The minimum Gasteiger partial charge on any atom is -0.481 e. The number of rotatable bonds is 16. The van der Waals surface area contributed by atoms with Crippen molar-refractivity contribution in [2.24, 2.45) is 17.4 Å². The van der Waals surface area contributed by atoms with Crippen molar-refractivity contribution in [3.63, 3.8) is 0 Å². The predicted molar refractivity (Wildman–Crippen MR) is 124 cm³/mol. The Bertz CT molecular complexity index is 937. The zero-order chi connectivity index (χ0) is 27.4. The van der Waals surface area contributed by atoms with Crippen molar-refractivity contribution in [2.45, 2.75) is 70.1 Å². The van der Waals surface area contributed by atoms with Crippen LogP contribution in [0.4, 0.5) is 0 Å². The second-order valence-electron chi connectivity index (χ2n) is 8.32. The normalized spacial score (nSPS) is 15.0. The van der Waals surface area contributed by atoms with Gasteiger partial charge in [0.25, 0.3) is 0 Å². The Kier molecular flexibility index (Phi) is 12.0. The van der Waals surface area contributed by atoms with Gasteiger partial charge in [0.15, 0.2) is 0 Å². The van der Waals surface area contributed by atoms with Crippen LogP contribution in [0.15, 0.2) is 12.5 Å². The smallest absolute Gasteiger partial charge is 0.326 e. The van der Waals surface area contributed by atoms with Crippen molar-refractivity contribution in [1.82, 2.24) is 25.9 Å². The van der Waals surface area contributed by atoms with Gasteiger partial charge in [0, 0.05) is 24.7 Å². The summed E-state index contributed by atoms with van der Waals surface area (Å²) in [6.45, 7) is 3.35. The molecular formula is C21H33N7O8. The summed E-state index contributed by atoms with van der Waals surface area (Å²) in [4.78, 5) is 78.7. The third-order valence-electron chi connectivity index (χ3n) is 5.42. The Labute approximate surface area is 206 Å². The summed E-state index contributed by atoms with van der Waals surface area (Å²) >= 11 is 0. The summed E-state index contributed by atoms with van der Waals surface area (Å²) < 4.78 is 0. The largest absolute Gasteiger partial charge is 0.481 e. The molecule has 1 aromatic rings. The number of carbonyl (C=O) groups excluding carboxylic acids is 4. The number of carboxylic acid groups (broad SMARTS) is 2. The molecule has 0 bridgehead atoms. The van der Waals surface area contributed by atoms with E-state index in [2.05, 4.69) is 25.9 Å². The molecule has 0 aromatic carbocycles. The van der Waals surface area contributed by atoms with E-state index in [1.165, 1.54) is 12.5 Å². The lowest BCUT2D eigenvalue weighted by Crippen LogP contribution is -2.59. The minimum atomic E-state index is -1.50. The molecule has 5 unspecified atom stereocenters. The third kappa shape index (κ3) is 10.1. The monoisotopic (exact) mass is 511 g/mol. The summed E-state index contributed by atoms with van der Waals surface area (Å²) in [5, 5.41) is 25.1. The molecule has 15 heteroatoms. The fraction of sp³-hybridized carbons (Fsp3) is 0.571. The standard InChI is InChI=1S/C21H33N7O8/c1-3-10(2)17(20(34)26-13(21(35)36)4-5-16(30)31)28-19(33)14(7-15(23)29)27-18(32)12(22)6-11-8-24-9-25-11/h8-10,12-14,17H,3-7,22H2,1-2H3,(H2,23,29)(H,24,25)(H,26,34)(H,27,32)(H,28,33)(H,30,31)(H,35,36). The van der Waals surface area contributed by atoms with Crippen molar-refractivity contribution < 1.29 is 39.0 Å². The van der Waals surface area contributed by atoms with E-state index in [-0.39, 0.29) is 12.8 Å². The van der Waals surface area contributed by atoms with Crippen LogP contribution in [0.2, 0.25) is 0 Å². The first-order valence-electron chi connectivity index (χ1n) is 11.2. The molecule has 36 heavy (non-hydrogen) atoms. The molecule has 0 saturated carbocycles. The van der Waals surface area contributed by atoms with Crippen LogP contribution in [0.1, 0.15) is 45.2 Å². The first kappa shape index (κ1) is 30.0. The Balaban J connectivity index is 2.97. The highest BCUT2D eigenvalue weighted by atomic mass is 16.4. The van der Waals surface area contributed by atoms with E-state index in [0.717, 1.165) is 0 Å². The van der Waals surface area contributed by atoms with Crippen molar-refractivity contribution >= 4 is 35.6 Å². The molecule has 0 fully saturated rings. The molecule has 0 aliphatic carbocycles. The zero-order valence-electron chi connectivity index (χ0n) is 20.0. The molecule has 1 heterocycles. The average molecular weight is 512 g/mol. The van der Waals surface area contributed by atoms with Crippen LogP contribution in [0.3, 0.4) is 0 Å². The van der Waals surface area contributed by atoms with Crippen LogP contribution in [0, 0.1) is 5.92 Å². The van der Waals surface area contributed by atoms with E-state index in [4.69, 9.17) is 16.6 Å². The lowest BCUT2D eigenvalue weighted by atomic mass is 9.97. The number of hydrogen-bond donors (Lipinski definition) is 8. The number of imidazole rings is 1. The molecule has 4 amide bonds. The number of hydrogen-bond acceptors (Lipinski definition) is 8. The van der Waals surface area contributed by atoms with E-state index in [9.17, 15) is 33.9 Å². The second kappa shape index (κ2) is 14.4. The Morgan fingerprint density at radius 2 is 1.67 bits per heavy atom. The van der Waals surface area contributed by atoms with Crippen LogP contribution in [-0.4, -0.2) is 79.9 Å². The lowest BCUT2D eigenvalue weighted by molar-refractivity contribution is -0.144. The van der Waals surface area contributed by atoms with Crippen LogP contribution in [0.25, 0.3) is 0 Å². The lowest BCUT2D eigenvalue weighted by Gasteiger charge is -2.27. The number of aromatic amines is 1. The summed E-state index contributed by atoms with van der Waals surface area (Å²) in [6, 6.07) is -5.30. The number of aliphatic carboxylic acids is 2. The molecule has 1 rings (SSSR count). The summed E-state index contributed by atoms with van der Waals surface area (Å²) in [5.74, 6) is -6.60. The van der Waals surface area contributed by atoms with Gasteiger partial charge in [-0.2, -0.15) is 0 Å².